The van der Waals surface area contributed by atoms with Crippen molar-refractivity contribution in [3.63, 3.8) is 0 Å². The maximum atomic E-state index is 9.91. The molecule has 2 rings (SSSR count). The summed E-state index contributed by atoms with van der Waals surface area (Å²) in [5.74, 6) is 0. The molecule has 2 N–H and O–H groups in total. The van der Waals surface area contributed by atoms with Crippen LogP contribution in [0.25, 0.3) is 0 Å². The minimum atomic E-state index is -0.769. The van der Waals surface area contributed by atoms with E-state index in [-0.39, 0.29) is 5.60 Å². The highest BCUT2D eigenvalue weighted by molar-refractivity contribution is 5.26. The van der Waals surface area contributed by atoms with Crippen LogP contribution in [0.2, 0.25) is 0 Å². The summed E-state index contributed by atoms with van der Waals surface area (Å²) >= 11 is 0. The first kappa shape index (κ1) is 14.5. The van der Waals surface area contributed by atoms with Crippen LogP contribution in [0.15, 0.2) is 24.3 Å². The number of aliphatic hydroxyl groups is 1. The van der Waals surface area contributed by atoms with Crippen LogP contribution in [0.1, 0.15) is 45.2 Å². The van der Waals surface area contributed by atoms with Gasteiger partial charge in [-0.3, -0.25) is 0 Å². The normalized spacial score (nSPS) is 22.7. The Labute approximate surface area is 116 Å². The van der Waals surface area contributed by atoms with Gasteiger partial charge in [0.1, 0.15) is 0 Å². The van der Waals surface area contributed by atoms with Crippen molar-refractivity contribution in [1.82, 2.24) is 5.32 Å². The molecule has 3 heteroatoms. The Morgan fingerprint density at radius 3 is 2.42 bits per heavy atom. The molecule has 0 aromatic heterocycles. The summed E-state index contributed by atoms with van der Waals surface area (Å²) in [5.41, 5.74) is 1.41. The number of hydrogen-bond acceptors (Lipinski definition) is 3. The molecule has 1 fully saturated rings. The van der Waals surface area contributed by atoms with Crippen LogP contribution in [0.4, 0.5) is 0 Å². The van der Waals surface area contributed by atoms with Crippen LogP contribution in [-0.4, -0.2) is 23.4 Å². The van der Waals surface area contributed by atoms with Crippen molar-refractivity contribution in [2.45, 2.75) is 57.9 Å². The van der Waals surface area contributed by atoms with Crippen molar-refractivity contribution in [3.05, 3.63) is 35.4 Å². The van der Waals surface area contributed by atoms with Crippen LogP contribution in [0, 0.1) is 0 Å². The van der Waals surface area contributed by atoms with Gasteiger partial charge in [0.2, 0.25) is 0 Å². The van der Waals surface area contributed by atoms with Gasteiger partial charge < -0.3 is 15.2 Å². The zero-order valence-electron chi connectivity index (χ0n) is 12.4. The average Bonchev–Trinajstić information content (AvgIpc) is 2.66. The van der Waals surface area contributed by atoms with Crippen molar-refractivity contribution < 1.29 is 9.84 Å². The van der Waals surface area contributed by atoms with E-state index in [2.05, 4.69) is 31.3 Å². The maximum Gasteiger partial charge on any atom is 0.0840 e. The molecule has 0 bridgehead atoms. The highest BCUT2D eigenvalue weighted by Gasteiger charge is 2.31. The van der Waals surface area contributed by atoms with Crippen LogP contribution >= 0.6 is 0 Å². The number of rotatable bonds is 4. The topological polar surface area (TPSA) is 41.5 Å². The number of ether oxygens (including phenoxy) is 1. The highest BCUT2D eigenvalue weighted by Crippen LogP contribution is 2.25. The van der Waals surface area contributed by atoms with Gasteiger partial charge in [-0.2, -0.15) is 0 Å². The molecule has 0 amide bonds. The Balaban J connectivity index is 1.87. The van der Waals surface area contributed by atoms with Crippen LogP contribution in [0.3, 0.4) is 0 Å². The minimum Gasteiger partial charge on any atom is -0.386 e. The van der Waals surface area contributed by atoms with E-state index in [0.29, 0.717) is 6.04 Å². The van der Waals surface area contributed by atoms with Gasteiger partial charge in [0, 0.05) is 12.6 Å². The molecule has 1 aromatic carbocycles. The summed E-state index contributed by atoms with van der Waals surface area (Å²) in [6.07, 6.45) is 1.05. The van der Waals surface area contributed by atoms with Crippen LogP contribution < -0.4 is 5.32 Å². The molecule has 1 aliphatic rings. The van der Waals surface area contributed by atoms with Gasteiger partial charge >= 0.3 is 0 Å². The van der Waals surface area contributed by atoms with E-state index in [1.54, 1.807) is 13.8 Å². The Bertz CT molecular complexity index is 417. The quantitative estimate of drug-likeness (QED) is 0.877. The summed E-state index contributed by atoms with van der Waals surface area (Å²) in [6, 6.07) is 8.56. The van der Waals surface area contributed by atoms with Gasteiger partial charge in [0.05, 0.1) is 17.8 Å². The summed E-state index contributed by atoms with van der Waals surface area (Å²) in [4.78, 5) is 0. The zero-order chi connectivity index (χ0) is 14.1. The van der Waals surface area contributed by atoms with Gasteiger partial charge in [-0.25, -0.2) is 0 Å². The maximum absolute atomic E-state index is 9.91. The van der Waals surface area contributed by atoms with Gasteiger partial charge in [0.25, 0.3) is 0 Å². The molecule has 0 saturated carbocycles. The van der Waals surface area contributed by atoms with E-state index in [0.717, 1.165) is 25.1 Å². The second kappa shape index (κ2) is 5.23. The number of nitrogens with one attached hydrogen (secondary N) is 1. The lowest BCUT2D eigenvalue weighted by atomic mass is 9.97. The Hall–Kier alpha value is -0.900. The summed E-state index contributed by atoms with van der Waals surface area (Å²) in [5, 5.41) is 13.4. The monoisotopic (exact) mass is 263 g/mol. The Morgan fingerprint density at radius 1 is 1.32 bits per heavy atom. The van der Waals surface area contributed by atoms with E-state index in [4.69, 9.17) is 4.74 Å². The predicted octanol–water partition coefficient (Wildman–Crippen LogP) is 2.57. The van der Waals surface area contributed by atoms with Crippen molar-refractivity contribution in [2.75, 3.05) is 6.61 Å². The van der Waals surface area contributed by atoms with E-state index < -0.39 is 5.60 Å². The third-order valence-electron chi connectivity index (χ3n) is 3.67. The van der Waals surface area contributed by atoms with Crippen molar-refractivity contribution >= 4 is 0 Å². The Kier molecular flexibility index (Phi) is 4.00. The SMILES string of the molecule is CC1(C)CC(NCc2ccc(C(C)(C)O)cc2)CO1. The van der Waals surface area contributed by atoms with Crippen LogP contribution in [0.5, 0.6) is 0 Å². The predicted molar refractivity (Wildman–Crippen MR) is 77.0 cm³/mol. The van der Waals surface area contributed by atoms with Gasteiger partial charge in [-0.1, -0.05) is 24.3 Å². The molecule has 106 valence electrons. The molecular weight excluding hydrogens is 238 g/mol. The first-order chi connectivity index (χ1) is 8.76. The lowest BCUT2D eigenvalue weighted by Gasteiger charge is -2.18. The molecule has 0 aliphatic carbocycles. The standard InChI is InChI=1S/C16H25NO2/c1-15(2)9-14(11-19-15)17-10-12-5-7-13(8-6-12)16(3,4)18/h5-8,14,17-18H,9-11H2,1-4H3. The molecule has 1 saturated heterocycles. The van der Waals surface area contributed by atoms with Gasteiger partial charge in [0.15, 0.2) is 0 Å². The number of benzene rings is 1. The molecule has 0 radical (unpaired) electrons. The third kappa shape index (κ3) is 4.03. The van der Waals surface area contributed by atoms with Crippen molar-refractivity contribution in [3.8, 4) is 0 Å². The zero-order valence-corrected chi connectivity index (χ0v) is 12.4. The Morgan fingerprint density at radius 2 is 1.95 bits per heavy atom. The van der Waals surface area contributed by atoms with E-state index in [1.807, 2.05) is 12.1 Å². The molecular formula is C16H25NO2. The molecule has 1 atom stereocenters. The molecule has 1 aromatic rings. The molecule has 1 aliphatic heterocycles. The first-order valence-electron chi connectivity index (χ1n) is 6.95. The molecule has 1 unspecified atom stereocenters. The fraction of sp³-hybridized carbons (Fsp3) is 0.625. The van der Waals surface area contributed by atoms with Crippen LogP contribution in [-0.2, 0) is 16.9 Å². The lowest BCUT2D eigenvalue weighted by Crippen LogP contribution is -2.30. The van der Waals surface area contributed by atoms with E-state index in [1.165, 1.54) is 5.56 Å². The molecule has 0 spiro atoms. The van der Waals surface area contributed by atoms with Crippen molar-refractivity contribution in [1.29, 1.82) is 0 Å². The summed E-state index contributed by atoms with van der Waals surface area (Å²) in [7, 11) is 0. The third-order valence-corrected chi connectivity index (χ3v) is 3.67. The minimum absolute atomic E-state index is 0.00242. The van der Waals surface area contributed by atoms with Gasteiger partial charge in [-0.15, -0.1) is 0 Å². The second-order valence-corrected chi connectivity index (χ2v) is 6.61. The molecule has 3 nitrogen and oxygen atoms in total. The smallest absolute Gasteiger partial charge is 0.0840 e. The summed E-state index contributed by atoms with van der Waals surface area (Å²) < 4.78 is 5.71. The largest absolute Gasteiger partial charge is 0.386 e. The van der Waals surface area contributed by atoms with E-state index >= 15 is 0 Å². The average molecular weight is 263 g/mol. The second-order valence-electron chi connectivity index (χ2n) is 6.61. The highest BCUT2D eigenvalue weighted by atomic mass is 16.5. The molecule has 19 heavy (non-hydrogen) atoms. The van der Waals surface area contributed by atoms with Crippen molar-refractivity contribution in [2.24, 2.45) is 0 Å². The fourth-order valence-electron chi connectivity index (χ4n) is 2.46. The fourth-order valence-corrected chi connectivity index (χ4v) is 2.46. The molecule has 1 heterocycles. The first-order valence-corrected chi connectivity index (χ1v) is 6.95. The van der Waals surface area contributed by atoms with Gasteiger partial charge in [-0.05, 0) is 45.2 Å². The van der Waals surface area contributed by atoms with E-state index in [9.17, 15) is 5.11 Å². The lowest BCUT2D eigenvalue weighted by molar-refractivity contribution is 0.0357. The number of hydrogen-bond donors (Lipinski definition) is 2. The summed E-state index contributed by atoms with van der Waals surface area (Å²) in [6.45, 7) is 9.50.